The fourth-order valence-electron chi connectivity index (χ4n) is 4.34. The van der Waals surface area contributed by atoms with Crippen LogP contribution in [0.4, 0.5) is 10.1 Å². The molecule has 0 heterocycles. The van der Waals surface area contributed by atoms with Gasteiger partial charge in [-0.2, -0.15) is 12.7 Å². The molecule has 1 saturated carbocycles. The van der Waals surface area contributed by atoms with Gasteiger partial charge in [0.15, 0.2) is 0 Å². The van der Waals surface area contributed by atoms with Gasteiger partial charge in [-0.3, -0.25) is 9.59 Å². The molecule has 0 bridgehead atoms. The summed E-state index contributed by atoms with van der Waals surface area (Å²) < 4.78 is 42.6. The van der Waals surface area contributed by atoms with Gasteiger partial charge in [-0.25, -0.2) is 8.70 Å². The predicted molar refractivity (Wildman–Crippen MR) is 148 cm³/mol. The lowest BCUT2D eigenvalue weighted by Crippen LogP contribution is -2.53. The summed E-state index contributed by atoms with van der Waals surface area (Å²) in [7, 11) is -1.67. The quantitative estimate of drug-likeness (QED) is 0.440. The van der Waals surface area contributed by atoms with Gasteiger partial charge in [-0.05, 0) is 49.6 Å². The molecule has 1 fully saturated rings. The molecule has 0 aromatic heterocycles. The lowest BCUT2D eigenvalue weighted by atomic mass is 9.95. The smallest absolute Gasteiger partial charge is 0.304 e. The molecule has 1 aliphatic carbocycles. The van der Waals surface area contributed by atoms with E-state index in [9.17, 15) is 22.4 Å². The molecule has 1 aliphatic rings. The number of carbonyl (C=O) groups excluding carboxylic acids is 2. The third-order valence-electron chi connectivity index (χ3n) is 6.60. The lowest BCUT2D eigenvalue weighted by molar-refractivity contribution is -0.139. The van der Waals surface area contributed by atoms with E-state index in [0.29, 0.717) is 14.9 Å². The second kappa shape index (κ2) is 13.1. The van der Waals surface area contributed by atoms with Gasteiger partial charge in [0.1, 0.15) is 18.4 Å². The maximum absolute atomic E-state index is 14.7. The first-order valence-electron chi connectivity index (χ1n) is 12.4. The monoisotopic (exact) mass is 586 g/mol. The molecule has 12 heteroatoms. The third-order valence-corrected chi connectivity index (χ3v) is 9.14. The van der Waals surface area contributed by atoms with Crippen LogP contribution in [0, 0.1) is 5.82 Å². The van der Waals surface area contributed by atoms with Crippen molar-refractivity contribution in [3.05, 3.63) is 63.9 Å². The molecule has 2 aromatic rings. The molecule has 0 spiro atoms. The van der Waals surface area contributed by atoms with Gasteiger partial charge < -0.3 is 10.2 Å². The highest BCUT2D eigenvalue weighted by molar-refractivity contribution is 7.90. The van der Waals surface area contributed by atoms with Crippen molar-refractivity contribution in [2.24, 2.45) is 0 Å². The van der Waals surface area contributed by atoms with Crippen LogP contribution in [0.1, 0.15) is 44.6 Å². The summed E-state index contributed by atoms with van der Waals surface area (Å²) in [5.74, 6) is -1.83. The molecule has 0 aliphatic heterocycles. The van der Waals surface area contributed by atoms with Crippen LogP contribution in [0.15, 0.2) is 42.5 Å². The normalized spacial score (nSPS) is 15.2. The Labute approximate surface area is 233 Å². The fourth-order valence-corrected chi connectivity index (χ4v) is 5.73. The summed E-state index contributed by atoms with van der Waals surface area (Å²) in [5.41, 5.74) is 0.321. The number of amides is 2. The molecule has 2 aromatic carbocycles. The molecule has 38 heavy (non-hydrogen) atoms. The standard InChI is InChI=1S/C26H33Cl2FN4O4S/c1-18(26(35)30-20-9-5-4-6-10-20)32(16-19-13-14-21(27)22(28)15-19)25(34)17-33(38(36,37)31(2)3)24-12-8-7-11-23(24)29/h7-8,11-15,18,20H,4-6,9-10,16-17H2,1-3H3,(H,30,35). The average Bonchev–Trinajstić information content (AvgIpc) is 2.88. The topological polar surface area (TPSA) is 90.0 Å². The predicted octanol–water partition coefficient (Wildman–Crippen LogP) is 4.61. The van der Waals surface area contributed by atoms with Crippen LogP contribution >= 0.6 is 23.2 Å². The zero-order chi connectivity index (χ0) is 28.0. The van der Waals surface area contributed by atoms with Gasteiger partial charge in [0.2, 0.25) is 11.8 Å². The van der Waals surface area contributed by atoms with Crippen molar-refractivity contribution < 1.29 is 22.4 Å². The van der Waals surface area contributed by atoms with Crippen molar-refractivity contribution in [1.29, 1.82) is 0 Å². The Bertz CT molecular complexity index is 1260. The summed E-state index contributed by atoms with van der Waals surface area (Å²) in [4.78, 5) is 28.2. The summed E-state index contributed by atoms with van der Waals surface area (Å²) in [6, 6.07) is 9.22. The number of halogens is 3. The molecule has 1 atom stereocenters. The largest absolute Gasteiger partial charge is 0.352 e. The summed E-state index contributed by atoms with van der Waals surface area (Å²) in [6.07, 6.45) is 4.88. The van der Waals surface area contributed by atoms with Crippen LogP contribution in [-0.4, -0.2) is 62.2 Å². The number of hydrogen-bond acceptors (Lipinski definition) is 4. The highest BCUT2D eigenvalue weighted by Gasteiger charge is 2.34. The number of rotatable bonds is 10. The SMILES string of the molecule is CC(C(=O)NC1CCCCC1)N(Cc1ccc(Cl)c(Cl)c1)C(=O)CN(c1ccccc1F)S(=O)(=O)N(C)C. The van der Waals surface area contributed by atoms with Gasteiger partial charge in [-0.15, -0.1) is 0 Å². The van der Waals surface area contributed by atoms with Crippen LogP contribution in [0.3, 0.4) is 0 Å². The van der Waals surface area contributed by atoms with Crippen molar-refractivity contribution in [1.82, 2.24) is 14.5 Å². The van der Waals surface area contributed by atoms with Crippen molar-refractivity contribution in [3.8, 4) is 0 Å². The molecule has 1 unspecified atom stereocenters. The Balaban J connectivity index is 1.94. The Hall–Kier alpha value is -2.40. The zero-order valence-electron chi connectivity index (χ0n) is 21.7. The van der Waals surface area contributed by atoms with Crippen molar-refractivity contribution in [2.75, 3.05) is 24.9 Å². The van der Waals surface area contributed by atoms with Crippen LogP contribution < -0.4 is 9.62 Å². The van der Waals surface area contributed by atoms with Crippen molar-refractivity contribution >= 4 is 50.9 Å². The molecule has 0 saturated heterocycles. The molecule has 0 radical (unpaired) electrons. The van der Waals surface area contributed by atoms with Crippen LogP contribution in [0.25, 0.3) is 0 Å². The lowest BCUT2D eigenvalue weighted by Gasteiger charge is -2.34. The molecular weight excluding hydrogens is 554 g/mol. The van der Waals surface area contributed by atoms with E-state index >= 15 is 0 Å². The molecule has 2 amide bonds. The molecule has 208 valence electrons. The Morgan fingerprint density at radius 2 is 1.71 bits per heavy atom. The molecule has 8 nitrogen and oxygen atoms in total. The summed E-state index contributed by atoms with van der Waals surface area (Å²) in [5, 5.41) is 3.63. The minimum absolute atomic E-state index is 0.0182. The van der Waals surface area contributed by atoms with Crippen LogP contribution in [0.5, 0.6) is 0 Å². The number of benzene rings is 2. The van der Waals surface area contributed by atoms with Gasteiger partial charge in [0.05, 0.1) is 15.7 Å². The molecule has 3 rings (SSSR count). The first kappa shape index (κ1) is 30.1. The summed E-state index contributed by atoms with van der Waals surface area (Å²) >= 11 is 12.2. The second-order valence-electron chi connectivity index (χ2n) is 9.54. The van der Waals surface area contributed by atoms with E-state index in [0.717, 1.165) is 42.5 Å². The van der Waals surface area contributed by atoms with Crippen LogP contribution in [0.2, 0.25) is 10.0 Å². The van der Waals surface area contributed by atoms with Gasteiger partial charge in [-0.1, -0.05) is 60.7 Å². The molecular formula is C26H33Cl2FN4O4S. The third kappa shape index (κ3) is 7.37. The number of nitrogens with one attached hydrogen (secondary N) is 1. The number of carbonyl (C=O) groups is 2. The fraction of sp³-hybridized carbons (Fsp3) is 0.462. The first-order valence-corrected chi connectivity index (χ1v) is 14.6. The Kier molecular flexibility index (Phi) is 10.4. The van der Waals surface area contributed by atoms with E-state index in [1.807, 2.05) is 0 Å². The summed E-state index contributed by atoms with van der Waals surface area (Å²) in [6.45, 7) is 0.827. The van der Waals surface area contributed by atoms with Gasteiger partial charge in [0.25, 0.3) is 0 Å². The highest BCUT2D eigenvalue weighted by atomic mass is 35.5. The number of para-hydroxylation sites is 1. The maximum Gasteiger partial charge on any atom is 0.304 e. The van der Waals surface area contributed by atoms with Crippen LogP contribution in [-0.2, 0) is 26.3 Å². The van der Waals surface area contributed by atoms with E-state index in [1.165, 1.54) is 37.2 Å². The van der Waals surface area contributed by atoms with E-state index in [2.05, 4.69) is 5.32 Å². The van der Waals surface area contributed by atoms with Crippen molar-refractivity contribution in [2.45, 2.75) is 57.7 Å². The van der Waals surface area contributed by atoms with E-state index < -0.39 is 34.5 Å². The van der Waals surface area contributed by atoms with E-state index in [-0.39, 0.29) is 29.2 Å². The number of anilines is 1. The second-order valence-corrected chi connectivity index (χ2v) is 12.4. The number of hydrogen-bond donors (Lipinski definition) is 1. The first-order chi connectivity index (χ1) is 17.9. The number of nitrogens with zero attached hydrogens (tertiary/aromatic N) is 3. The van der Waals surface area contributed by atoms with Gasteiger partial charge >= 0.3 is 10.2 Å². The molecule has 1 N–H and O–H groups in total. The minimum Gasteiger partial charge on any atom is -0.352 e. The van der Waals surface area contributed by atoms with E-state index in [1.54, 1.807) is 25.1 Å². The van der Waals surface area contributed by atoms with Crippen molar-refractivity contribution in [3.63, 3.8) is 0 Å². The van der Waals surface area contributed by atoms with Gasteiger partial charge in [0, 0.05) is 26.7 Å². The average molecular weight is 588 g/mol. The van der Waals surface area contributed by atoms with E-state index in [4.69, 9.17) is 23.2 Å². The zero-order valence-corrected chi connectivity index (χ0v) is 24.0. The maximum atomic E-state index is 14.7. The highest BCUT2D eigenvalue weighted by Crippen LogP contribution is 2.26. The minimum atomic E-state index is -4.26. The Morgan fingerprint density at radius 3 is 2.32 bits per heavy atom. The Morgan fingerprint density at radius 1 is 1.05 bits per heavy atom.